The highest BCUT2D eigenvalue weighted by Gasteiger charge is 2.21. The Labute approximate surface area is 134 Å². The van der Waals surface area contributed by atoms with E-state index in [4.69, 9.17) is 4.98 Å². The van der Waals surface area contributed by atoms with Crippen LogP contribution in [0, 0.1) is 0 Å². The molecule has 0 atom stereocenters. The third kappa shape index (κ3) is 2.72. The van der Waals surface area contributed by atoms with Crippen molar-refractivity contribution < 1.29 is 0 Å². The van der Waals surface area contributed by atoms with Crippen molar-refractivity contribution in [2.24, 2.45) is 0 Å². The van der Waals surface area contributed by atoms with E-state index in [0.717, 1.165) is 28.9 Å². The highest BCUT2D eigenvalue weighted by atomic mass is 32.1. The number of nitrogens with zero attached hydrogens (tertiary/aromatic N) is 1. The molecule has 2 heterocycles. The van der Waals surface area contributed by atoms with Gasteiger partial charge >= 0.3 is 0 Å². The summed E-state index contributed by atoms with van der Waals surface area (Å²) >= 11 is 1.72. The van der Waals surface area contributed by atoms with Gasteiger partial charge in [0.25, 0.3) is 5.56 Å². The number of nitrogens with one attached hydrogen (secondary N) is 2. The first-order valence-corrected chi connectivity index (χ1v) is 9.40. The first-order valence-electron chi connectivity index (χ1n) is 8.58. The number of aromatic nitrogens is 2. The zero-order valence-electron chi connectivity index (χ0n) is 12.9. The Balaban J connectivity index is 1.54. The van der Waals surface area contributed by atoms with Gasteiger partial charge in [0.15, 0.2) is 0 Å². The van der Waals surface area contributed by atoms with E-state index in [1.54, 1.807) is 11.3 Å². The fourth-order valence-corrected chi connectivity index (χ4v) is 5.14. The van der Waals surface area contributed by atoms with E-state index in [1.165, 1.54) is 55.4 Å². The molecule has 2 N–H and O–H groups in total. The van der Waals surface area contributed by atoms with Gasteiger partial charge in [0.2, 0.25) is 0 Å². The minimum Gasteiger partial charge on any atom is -0.309 e. The Bertz CT molecular complexity index is 725. The second kappa shape index (κ2) is 6.13. The molecule has 0 bridgehead atoms. The summed E-state index contributed by atoms with van der Waals surface area (Å²) in [6, 6.07) is 0.580. The summed E-state index contributed by atoms with van der Waals surface area (Å²) in [6.07, 6.45) is 11.2. The number of aryl methyl sites for hydroxylation is 2. The highest BCUT2D eigenvalue weighted by molar-refractivity contribution is 7.18. The molecule has 0 amide bonds. The molecule has 4 nitrogen and oxygen atoms in total. The van der Waals surface area contributed by atoms with Crippen molar-refractivity contribution in [1.82, 2.24) is 15.3 Å². The van der Waals surface area contributed by atoms with Gasteiger partial charge in [-0.1, -0.05) is 25.7 Å². The van der Waals surface area contributed by atoms with Crippen molar-refractivity contribution in [3.63, 3.8) is 0 Å². The van der Waals surface area contributed by atoms with Crippen LogP contribution >= 0.6 is 11.3 Å². The zero-order valence-corrected chi connectivity index (χ0v) is 13.7. The predicted molar refractivity (Wildman–Crippen MR) is 90.6 cm³/mol. The van der Waals surface area contributed by atoms with Crippen LogP contribution in [0.1, 0.15) is 61.2 Å². The van der Waals surface area contributed by atoms with Crippen molar-refractivity contribution in [3.8, 4) is 0 Å². The van der Waals surface area contributed by atoms with Gasteiger partial charge in [0.05, 0.1) is 11.9 Å². The first kappa shape index (κ1) is 14.4. The third-order valence-electron chi connectivity index (χ3n) is 5.04. The molecule has 22 heavy (non-hydrogen) atoms. The van der Waals surface area contributed by atoms with Gasteiger partial charge in [-0.05, 0) is 37.7 Å². The monoisotopic (exact) mass is 317 g/mol. The maximum atomic E-state index is 12.4. The fraction of sp³-hybridized carbons (Fsp3) is 0.647. The van der Waals surface area contributed by atoms with E-state index < -0.39 is 0 Å². The fourth-order valence-electron chi connectivity index (χ4n) is 3.86. The molecule has 0 saturated heterocycles. The summed E-state index contributed by atoms with van der Waals surface area (Å²) < 4.78 is 0. The molecule has 0 aromatic carbocycles. The van der Waals surface area contributed by atoms with Crippen molar-refractivity contribution in [2.45, 2.75) is 70.4 Å². The maximum absolute atomic E-state index is 12.4. The van der Waals surface area contributed by atoms with Crippen LogP contribution in [0.3, 0.4) is 0 Å². The molecule has 1 saturated carbocycles. The number of fused-ring (bicyclic) bond motifs is 3. The number of hydrogen-bond donors (Lipinski definition) is 2. The average Bonchev–Trinajstić information content (AvgIpc) is 2.97. The number of hydrogen-bond acceptors (Lipinski definition) is 4. The minimum absolute atomic E-state index is 0.0575. The summed E-state index contributed by atoms with van der Waals surface area (Å²) in [7, 11) is 0. The van der Waals surface area contributed by atoms with Crippen molar-refractivity contribution in [3.05, 3.63) is 26.6 Å². The summed E-state index contributed by atoms with van der Waals surface area (Å²) in [6.45, 7) is 0.679. The lowest BCUT2D eigenvalue weighted by Crippen LogP contribution is -2.29. The van der Waals surface area contributed by atoms with Gasteiger partial charge < -0.3 is 10.3 Å². The molecule has 118 valence electrons. The predicted octanol–water partition coefficient (Wildman–Crippen LogP) is 3.29. The van der Waals surface area contributed by atoms with E-state index in [0.29, 0.717) is 12.6 Å². The lowest BCUT2D eigenvalue weighted by Gasteiger charge is -2.15. The van der Waals surface area contributed by atoms with Crippen LogP contribution in [0.5, 0.6) is 0 Å². The Morgan fingerprint density at radius 3 is 2.77 bits per heavy atom. The van der Waals surface area contributed by atoms with Crippen molar-refractivity contribution >= 4 is 21.6 Å². The lowest BCUT2D eigenvalue weighted by atomic mass is 10.1. The second-order valence-electron chi connectivity index (χ2n) is 6.62. The number of thiophene rings is 1. The average molecular weight is 317 g/mol. The van der Waals surface area contributed by atoms with E-state index in [9.17, 15) is 4.79 Å². The van der Waals surface area contributed by atoms with Gasteiger partial charge in [-0.15, -0.1) is 11.3 Å². The molecule has 2 aliphatic carbocycles. The highest BCUT2D eigenvalue weighted by Crippen LogP contribution is 2.34. The van der Waals surface area contributed by atoms with Crippen LogP contribution < -0.4 is 10.9 Å². The quantitative estimate of drug-likeness (QED) is 0.854. The Hall–Kier alpha value is -1.20. The second-order valence-corrected chi connectivity index (χ2v) is 7.70. The SMILES string of the molecule is O=c1[nH]c(CNC2CCCCCC2)nc2sc3c(c12)CCC3. The molecule has 0 spiro atoms. The standard InChI is InChI=1S/C17H23N3OS/c21-16-15-12-8-5-9-13(12)22-17(15)20-14(19-16)10-18-11-6-3-1-2-4-7-11/h11,18H,1-10H2,(H,19,20,21). The molecule has 1 fully saturated rings. The first-order chi connectivity index (χ1) is 10.8. The van der Waals surface area contributed by atoms with Crippen LogP contribution in [-0.4, -0.2) is 16.0 Å². The smallest absolute Gasteiger partial charge is 0.259 e. The zero-order chi connectivity index (χ0) is 14.9. The molecule has 0 unspecified atom stereocenters. The molecule has 0 aliphatic heterocycles. The molecule has 2 aliphatic rings. The van der Waals surface area contributed by atoms with Gasteiger partial charge in [-0.2, -0.15) is 0 Å². The van der Waals surface area contributed by atoms with E-state index in [1.807, 2.05) is 0 Å². The normalized spacial score (nSPS) is 19.5. The molecule has 4 rings (SSSR count). The van der Waals surface area contributed by atoms with Gasteiger partial charge in [-0.25, -0.2) is 4.98 Å². The molecular weight excluding hydrogens is 294 g/mol. The number of H-pyrrole nitrogens is 1. The van der Waals surface area contributed by atoms with Crippen LogP contribution in [-0.2, 0) is 19.4 Å². The molecule has 2 aromatic rings. The Morgan fingerprint density at radius 2 is 1.95 bits per heavy atom. The van der Waals surface area contributed by atoms with Crippen LogP contribution in [0.15, 0.2) is 4.79 Å². The van der Waals surface area contributed by atoms with E-state index in [-0.39, 0.29) is 5.56 Å². The van der Waals surface area contributed by atoms with Crippen LogP contribution in [0.25, 0.3) is 10.2 Å². The molecule has 0 radical (unpaired) electrons. The number of rotatable bonds is 3. The molecule has 2 aromatic heterocycles. The largest absolute Gasteiger partial charge is 0.309 e. The van der Waals surface area contributed by atoms with Crippen LogP contribution in [0.2, 0.25) is 0 Å². The van der Waals surface area contributed by atoms with Crippen LogP contribution in [0.4, 0.5) is 0 Å². The lowest BCUT2D eigenvalue weighted by molar-refractivity contribution is 0.453. The third-order valence-corrected chi connectivity index (χ3v) is 6.22. The Kier molecular flexibility index (Phi) is 4.01. The summed E-state index contributed by atoms with van der Waals surface area (Å²) in [5.41, 5.74) is 1.32. The maximum Gasteiger partial charge on any atom is 0.259 e. The minimum atomic E-state index is 0.0575. The van der Waals surface area contributed by atoms with Gasteiger partial charge in [-0.3, -0.25) is 4.79 Å². The summed E-state index contributed by atoms with van der Waals surface area (Å²) in [4.78, 5) is 22.4. The summed E-state index contributed by atoms with van der Waals surface area (Å²) in [5, 5.41) is 4.45. The van der Waals surface area contributed by atoms with E-state index in [2.05, 4.69) is 10.3 Å². The van der Waals surface area contributed by atoms with E-state index >= 15 is 0 Å². The summed E-state index contributed by atoms with van der Waals surface area (Å²) in [5.74, 6) is 0.793. The van der Waals surface area contributed by atoms with Gasteiger partial charge in [0, 0.05) is 10.9 Å². The Morgan fingerprint density at radius 1 is 1.14 bits per heavy atom. The number of aromatic amines is 1. The molecular formula is C17H23N3OS. The van der Waals surface area contributed by atoms with Crippen molar-refractivity contribution in [2.75, 3.05) is 0 Å². The topological polar surface area (TPSA) is 57.8 Å². The van der Waals surface area contributed by atoms with Gasteiger partial charge in [0.1, 0.15) is 10.7 Å². The van der Waals surface area contributed by atoms with Crippen molar-refractivity contribution in [1.29, 1.82) is 0 Å². The molecule has 5 heteroatoms.